The Morgan fingerprint density at radius 2 is 1.84 bits per heavy atom. The number of anilines is 1. The first-order chi connectivity index (χ1) is 14.9. The van der Waals surface area contributed by atoms with Crippen LogP contribution in [0.1, 0.15) is 29.5 Å². The van der Waals surface area contributed by atoms with Gasteiger partial charge in [0.1, 0.15) is 0 Å². The maximum atomic E-state index is 13.0. The maximum absolute atomic E-state index is 13.0. The van der Waals surface area contributed by atoms with Crippen LogP contribution in [0.15, 0.2) is 42.5 Å². The van der Waals surface area contributed by atoms with E-state index in [1.54, 1.807) is 6.07 Å². The topological polar surface area (TPSA) is 55.9 Å². The SMILES string of the molecule is Cc1cccc(CN2CCN(C3CCN(C(=O)Nc4ccc(C)c(Cl)c4)CC3)C2=O)c1. The summed E-state index contributed by atoms with van der Waals surface area (Å²) in [5.74, 6) is 0. The van der Waals surface area contributed by atoms with Crippen LogP contribution >= 0.6 is 11.6 Å². The number of urea groups is 2. The van der Waals surface area contributed by atoms with Crippen LogP contribution in [0, 0.1) is 13.8 Å². The molecule has 0 bridgehead atoms. The summed E-state index contributed by atoms with van der Waals surface area (Å²) in [7, 11) is 0. The van der Waals surface area contributed by atoms with E-state index in [-0.39, 0.29) is 18.1 Å². The predicted molar refractivity (Wildman–Crippen MR) is 123 cm³/mol. The first-order valence-corrected chi connectivity index (χ1v) is 11.2. The second-order valence-electron chi connectivity index (χ2n) is 8.50. The number of carbonyl (C=O) groups excluding carboxylic acids is 2. The molecule has 6 nitrogen and oxygen atoms in total. The second-order valence-corrected chi connectivity index (χ2v) is 8.91. The molecule has 4 rings (SSSR count). The van der Waals surface area contributed by atoms with E-state index in [1.807, 2.05) is 39.8 Å². The lowest BCUT2D eigenvalue weighted by Crippen LogP contribution is -2.49. The van der Waals surface area contributed by atoms with E-state index >= 15 is 0 Å². The highest BCUT2D eigenvalue weighted by Gasteiger charge is 2.36. The summed E-state index contributed by atoms with van der Waals surface area (Å²) in [4.78, 5) is 31.3. The van der Waals surface area contributed by atoms with Gasteiger partial charge in [-0.25, -0.2) is 9.59 Å². The summed E-state index contributed by atoms with van der Waals surface area (Å²) in [6, 6.07) is 14.0. The molecule has 4 amide bonds. The molecule has 0 saturated carbocycles. The lowest BCUT2D eigenvalue weighted by molar-refractivity contribution is 0.139. The zero-order valence-corrected chi connectivity index (χ0v) is 18.9. The number of aryl methyl sites for hydroxylation is 2. The van der Waals surface area contributed by atoms with Gasteiger partial charge in [-0.1, -0.05) is 47.5 Å². The van der Waals surface area contributed by atoms with E-state index in [0.717, 1.165) is 37.1 Å². The summed E-state index contributed by atoms with van der Waals surface area (Å²) in [5, 5.41) is 3.56. The van der Waals surface area contributed by atoms with Gasteiger partial charge in [-0.15, -0.1) is 0 Å². The minimum absolute atomic E-state index is 0.110. The molecule has 0 unspecified atom stereocenters. The van der Waals surface area contributed by atoms with Crippen molar-refractivity contribution in [1.82, 2.24) is 14.7 Å². The summed E-state index contributed by atoms with van der Waals surface area (Å²) in [5.41, 5.74) is 4.05. The molecule has 2 aliphatic rings. The Morgan fingerprint density at radius 1 is 1.06 bits per heavy atom. The van der Waals surface area contributed by atoms with Gasteiger partial charge < -0.3 is 20.0 Å². The normalized spacial score (nSPS) is 17.4. The van der Waals surface area contributed by atoms with Crippen LogP contribution in [0.25, 0.3) is 0 Å². The first-order valence-electron chi connectivity index (χ1n) is 10.8. The minimum atomic E-state index is -0.118. The van der Waals surface area contributed by atoms with E-state index in [9.17, 15) is 9.59 Å². The molecule has 2 aromatic carbocycles. The van der Waals surface area contributed by atoms with Crippen LogP contribution < -0.4 is 5.32 Å². The van der Waals surface area contributed by atoms with Crippen molar-refractivity contribution in [2.75, 3.05) is 31.5 Å². The van der Waals surface area contributed by atoms with E-state index in [4.69, 9.17) is 11.6 Å². The zero-order chi connectivity index (χ0) is 22.0. The number of piperidine rings is 1. The van der Waals surface area contributed by atoms with Crippen molar-refractivity contribution in [2.45, 2.75) is 39.3 Å². The van der Waals surface area contributed by atoms with Crippen LogP contribution in [0.2, 0.25) is 5.02 Å². The molecule has 2 heterocycles. The van der Waals surface area contributed by atoms with Crippen molar-refractivity contribution in [3.05, 3.63) is 64.2 Å². The molecule has 7 heteroatoms. The quantitative estimate of drug-likeness (QED) is 0.735. The van der Waals surface area contributed by atoms with E-state index in [0.29, 0.717) is 30.3 Å². The molecule has 0 radical (unpaired) electrons. The van der Waals surface area contributed by atoms with Crippen LogP contribution in [0.4, 0.5) is 15.3 Å². The molecule has 0 aliphatic carbocycles. The fourth-order valence-electron chi connectivity index (χ4n) is 4.37. The number of carbonyl (C=O) groups is 2. The average Bonchev–Trinajstić information content (AvgIpc) is 3.11. The summed E-state index contributed by atoms with van der Waals surface area (Å²) >= 11 is 6.15. The highest BCUT2D eigenvalue weighted by atomic mass is 35.5. The fraction of sp³-hybridized carbons (Fsp3) is 0.417. The largest absolute Gasteiger partial charge is 0.324 e. The maximum Gasteiger partial charge on any atom is 0.321 e. The van der Waals surface area contributed by atoms with Gasteiger partial charge in [0.25, 0.3) is 0 Å². The third kappa shape index (κ3) is 4.96. The predicted octanol–water partition coefficient (Wildman–Crippen LogP) is 4.89. The van der Waals surface area contributed by atoms with Crippen molar-refractivity contribution in [3.63, 3.8) is 0 Å². The third-order valence-corrected chi connectivity index (χ3v) is 6.61. The molecule has 2 fully saturated rings. The Kier molecular flexibility index (Phi) is 6.37. The van der Waals surface area contributed by atoms with Gasteiger partial charge in [-0.05, 0) is 49.9 Å². The van der Waals surface area contributed by atoms with E-state index in [1.165, 1.54) is 5.56 Å². The number of amides is 4. The van der Waals surface area contributed by atoms with Crippen molar-refractivity contribution >= 4 is 29.4 Å². The standard InChI is InChI=1S/C24H29ClN4O2/c1-17-4-3-5-19(14-17)16-28-12-13-29(24(28)31)21-8-10-27(11-9-21)23(30)26-20-7-6-18(2)22(25)15-20/h3-7,14-15,21H,8-13,16H2,1-2H3,(H,26,30). The number of hydrogen-bond acceptors (Lipinski definition) is 2. The smallest absolute Gasteiger partial charge is 0.321 e. The number of halogens is 1. The Labute approximate surface area is 188 Å². The van der Waals surface area contributed by atoms with Crippen LogP contribution in [0.3, 0.4) is 0 Å². The Morgan fingerprint density at radius 3 is 2.55 bits per heavy atom. The molecule has 31 heavy (non-hydrogen) atoms. The summed E-state index contributed by atoms with van der Waals surface area (Å²) in [6.07, 6.45) is 1.60. The molecule has 0 aromatic heterocycles. The summed E-state index contributed by atoms with van der Waals surface area (Å²) in [6.45, 7) is 7.43. The number of nitrogens with one attached hydrogen (secondary N) is 1. The molecule has 2 aliphatic heterocycles. The van der Waals surface area contributed by atoms with Gasteiger partial charge >= 0.3 is 12.1 Å². The molecule has 2 saturated heterocycles. The van der Waals surface area contributed by atoms with Crippen LogP contribution in [0.5, 0.6) is 0 Å². The van der Waals surface area contributed by atoms with Crippen molar-refractivity contribution < 1.29 is 9.59 Å². The Balaban J connectivity index is 1.29. The van der Waals surface area contributed by atoms with Gasteiger partial charge in [0.2, 0.25) is 0 Å². The van der Waals surface area contributed by atoms with Gasteiger partial charge in [-0.2, -0.15) is 0 Å². The van der Waals surface area contributed by atoms with Crippen molar-refractivity contribution in [3.8, 4) is 0 Å². The van der Waals surface area contributed by atoms with Gasteiger partial charge in [0.05, 0.1) is 0 Å². The van der Waals surface area contributed by atoms with Crippen LogP contribution in [-0.2, 0) is 6.54 Å². The van der Waals surface area contributed by atoms with Crippen molar-refractivity contribution in [1.29, 1.82) is 0 Å². The number of rotatable bonds is 4. The number of nitrogens with zero attached hydrogens (tertiary/aromatic N) is 3. The molecular weight excluding hydrogens is 412 g/mol. The Hall–Kier alpha value is -2.73. The lowest BCUT2D eigenvalue weighted by Gasteiger charge is -2.36. The summed E-state index contributed by atoms with van der Waals surface area (Å²) < 4.78 is 0. The molecular formula is C24H29ClN4O2. The number of hydrogen-bond donors (Lipinski definition) is 1. The first kappa shape index (κ1) is 21.5. The van der Waals surface area contributed by atoms with E-state index in [2.05, 4.69) is 30.4 Å². The minimum Gasteiger partial charge on any atom is -0.324 e. The average molecular weight is 441 g/mol. The van der Waals surface area contributed by atoms with E-state index < -0.39 is 0 Å². The van der Waals surface area contributed by atoms with Crippen LogP contribution in [-0.4, -0.2) is 59.0 Å². The molecule has 164 valence electrons. The lowest BCUT2D eigenvalue weighted by atomic mass is 10.0. The zero-order valence-electron chi connectivity index (χ0n) is 18.1. The molecule has 0 atom stereocenters. The number of benzene rings is 2. The number of likely N-dealkylation sites (tertiary alicyclic amines) is 1. The molecule has 0 spiro atoms. The van der Waals surface area contributed by atoms with Gasteiger partial charge in [0.15, 0.2) is 0 Å². The van der Waals surface area contributed by atoms with Gasteiger partial charge in [0, 0.05) is 49.5 Å². The second kappa shape index (κ2) is 9.18. The highest BCUT2D eigenvalue weighted by Crippen LogP contribution is 2.24. The highest BCUT2D eigenvalue weighted by molar-refractivity contribution is 6.31. The monoisotopic (exact) mass is 440 g/mol. The van der Waals surface area contributed by atoms with Gasteiger partial charge in [-0.3, -0.25) is 0 Å². The van der Waals surface area contributed by atoms with Crippen molar-refractivity contribution in [2.24, 2.45) is 0 Å². The molecule has 1 N–H and O–H groups in total. The Bertz CT molecular complexity index is 972. The fourth-order valence-corrected chi connectivity index (χ4v) is 4.55. The third-order valence-electron chi connectivity index (χ3n) is 6.20. The molecule has 2 aromatic rings.